The van der Waals surface area contributed by atoms with Crippen molar-refractivity contribution in [3.8, 4) is 5.75 Å². The van der Waals surface area contributed by atoms with Crippen LogP contribution in [0.1, 0.15) is 86.6 Å². The lowest BCUT2D eigenvalue weighted by Crippen LogP contribution is -2.43. The Bertz CT molecular complexity index is 1660. The quantitative estimate of drug-likeness (QED) is 0.218. The SMILES string of the molecule is CC(C)(C)OC(=O)NC(C)(C)c1ccc(C(=O)Nc2ccc(Cl)cc2C(=O)Nc2ccc(Cl)cn2)c(OC2CCC3(CC2)OCCO3)c1. The summed E-state index contributed by atoms with van der Waals surface area (Å²) in [7, 11) is 0. The minimum atomic E-state index is -0.880. The van der Waals surface area contributed by atoms with Gasteiger partial charge in [0.2, 0.25) is 0 Å². The molecule has 0 unspecified atom stereocenters. The van der Waals surface area contributed by atoms with E-state index in [1.165, 1.54) is 12.3 Å². The third kappa shape index (κ3) is 8.96. The molecule has 48 heavy (non-hydrogen) atoms. The second-order valence-electron chi connectivity index (χ2n) is 13.3. The highest BCUT2D eigenvalue weighted by Crippen LogP contribution is 2.38. The number of nitrogens with zero attached hydrogens (tertiary/aromatic N) is 1. The van der Waals surface area contributed by atoms with Gasteiger partial charge in [0.15, 0.2) is 5.79 Å². The van der Waals surface area contributed by atoms with Crippen molar-refractivity contribution in [3.05, 3.63) is 81.5 Å². The van der Waals surface area contributed by atoms with Gasteiger partial charge in [0.05, 0.1) is 46.7 Å². The number of nitrogens with one attached hydrogen (secondary N) is 3. The summed E-state index contributed by atoms with van der Waals surface area (Å²) in [5, 5.41) is 9.19. The number of ether oxygens (including phenoxy) is 4. The highest BCUT2D eigenvalue weighted by molar-refractivity contribution is 6.31. The van der Waals surface area contributed by atoms with E-state index in [1.54, 1.807) is 63.2 Å². The molecule has 3 N–H and O–H groups in total. The molecule has 0 atom stereocenters. The molecule has 1 saturated carbocycles. The van der Waals surface area contributed by atoms with Crippen LogP contribution in [0.15, 0.2) is 54.7 Å². The Morgan fingerprint density at radius 2 is 1.52 bits per heavy atom. The molecule has 1 spiro atoms. The summed E-state index contributed by atoms with van der Waals surface area (Å²) >= 11 is 12.2. The number of anilines is 2. The van der Waals surface area contributed by atoms with E-state index in [2.05, 4.69) is 20.9 Å². The minimum Gasteiger partial charge on any atom is -0.490 e. The van der Waals surface area contributed by atoms with Crippen molar-refractivity contribution in [2.45, 2.75) is 83.3 Å². The van der Waals surface area contributed by atoms with Crippen molar-refractivity contribution in [1.82, 2.24) is 10.3 Å². The van der Waals surface area contributed by atoms with Gasteiger partial charge in [-0.1, -0.05) is 29.3 Å². The molecule has 2 aliphatic rings. The molecule has 256 valence electrons. The van der Waals surface area contributed by atoms with E-state index < -0.39 is 34.8 Å². The van der Waals surface area contributed by atoms with Crippen molar-refractivity contribution < 1.29 is 33.3 Å². The maximum absolute atomic E-state index is 13.9. The molecule has 1 aromatic heterocycles. The Kier molecular flexibility index (Phi) is 10.5. The van der Waals surface area contributed by atoms with Gasteiger partial charge in [-0.25, -0.2) is 9.78 Å². The fourth-order valence-electron chi connectivity index (χ4n) is 5.58. The van der Waals surface area contributed by atoms with Crippen LogP contribution < -0.4 is 20.7 Å². The number of hydrogen-bond donors (Lipinski definition) is 3. The first-order chi connectivity index (χ1) is 22.6. The highest BCUT2D eigenvalue weighted by Gasteiger charge is 2.41. The molecule has 3 aromatic rings. The van der Waals surface area contributed by atoms with E-state index >= 15 is 0 Å². The summed E-state index contributed by atoms with van der Waals surface area (Å²) in [5.74, 6) is -1.02. The number of amides is 3. The zero-order chi connectivity index (χ0) is 34.7. The molecular weight excluding hydrogens is 659 g/mol. The van der Waals surface area contributed by atoms with Gasteiger partial charge in [0.25, 0.3) is 11.8 Å². The largest absolute Gasteiger partial charge is 0.490 e. The summed E-state index contributed by atoms with van der Waals surface area (Å²) in [6.45, 7) is 10.2. The van der Waals surface area contributed by atoms with Gasteiger partial charge >= 0.3 is 6.09 Å². The number of carbonyl (C=O) groups excluding carboxylic acids is 3. The monoisotopic (exact) mass is 698 g/mol. The summed E-state index contributed by atoms with van der Waals surface area (Å²) in [5.41, 5.74) is -0.270. The van der Waals surface area contributed by atoms with Crippen molar-refractivity contribution in [3.63, 3.8) is 0 Å². The van der Waals surface area contributed by atoms with Gasteiger partial charge in [-0.15, -0.1) is 0 Å². The van der Waals surface area contributed by atoms with Crippen molar-refractivity contribution in [2.24, 2.45) is 0 Å². The lowest BCUT2D eigenvalue weighted by molar-refractivity contribution is -0.186. The Morgan fingerprint density at radius 3 is 2.17 bits per heavy atom. The molecule has 2 heterocycles. The molecule has 0 bridgehead atoms. The zero-order valence-corrected chi connectivity index (χ0v) is 29.1. The lowest BCUT2D eigenvalue weighted by Gasteiger charge is -2.36. The first-order valence-electron chi connectivity index (χ1n) is 15.8. The second kappa shape index (κ2) is 14.3. The molecule has 3 amide bonds. The van der Waals surface area contributed by atoms with Crippen LogP contribution >= 0.6 is 23.2 Å². The highest BCUT2D eigenvalue weighted by atomic mass is 35.5. The van der Waals surface area contributed by atoms with E-state index in [-0.39, 0.29) is 28.7 Å². The van der Waals surface area contributed by atoms with Crippen molar-refractivity contribution >= 4 is 52.6 Å². The number of pyridine rings is 1. The first-order valence-corrected chi connectivity index (χ1v) is 16.5. The molecule has 5 rings (SSSR count). The van der Waals surface area contributed by atoms with Crippen LogP contribution in [-0.4, -0.2) is 53.6 Å². The van der Waals surface area contributed by atoms with Crippen LogP contribution in [0.2, 0.25) is 10.0 Å². The number of halogens is 2. The normalized spacial score (nSPS) is 16.3. The molecule has 13 heteroatoms. The summed E-state index contributed by atoms with van der Waals surface area (Å²) in [6, 6.07) is 12.9. The van der Waals surface area contributed by atoms with Crippen molar-refractivity contribution in [1.29, 1.82) is 0 Å². The second-order valence-corrected chi connectivity index (χ2v) is 14.2. The van der Waals surface area contributed by atoms with Gasteiger partial charge < -0.3 is 34.9 Å². The number of hydrogen-bond acceptors (Lipinski definition) is 8. The molecule has 1 aliphatic heterocycles. The number of aromatic nitrogens is 1. The van der Waals surface area contributed by atoms with Crippen LogP contribution in [0.3, 0.4) is 0 Å². The molecular formula is C35H40Cl2N4O7. The van der Waals surface area contributed by atoms with Crippen molar-refractivity contribution in [2.75, 3.05) is 23.8 Å². The summed E-state index contributed by atoms with van der Waals surface area (Å²) in [6.07, 6.45) is 3.26. The molecule has 1 aliphatic carbocycles. The topological polar surface area (TPSA) is 137 Å². The van der Waals surface area contributed by atoms with Crippen LogP contribution in [0, 0.1) is 0 Å². The third-order valence-electron chi connectivity index (χ3n) is 8.01. The third-order valence-corrected chi connectivity index (χ3v) is 8.47. The Hall–Kier alpha value is -3.90. The minimum absolute atomic E-state index is 0.128. The molecule has 2 aromatic carbocycles. The number of carbonyl (C=O) groups is 3. The van der Waals surface area contributed by atoms with Gasteiger partial charge in [-0.3, -0.25) is 9.59 Å². The average Bonchev–Trinajstić information content (AvgIpc) is 3.47. The van der Waals surface area contributed by atoms with E-state index in [4.69, 9.17) is 42.1 Å². The molecule has 11 nitrogen and oxygen atoms in total. The maximum Gasteiger partial charge on any atom is 0.408 e. The smallest absolute Gasteiger partial charge is 0.408 e. The van der Waals surface area contributed by atoms with Crippen LogP contribution in [-0.2, 0) is 19.7 Å². The first kappa shape index (κ1) is 35.4. The van der Waals surface area contributed by atoms with Gasteiger partial charge in [0, 0.05) is 24.1 Å². The van der Waals surface area contributed by atoms with E-state index in [1.807, 2.05) is 13.8 Å². The van der Waals surface area contributed by atoms with E-state index in [0.29, 0.717) is 60.3 Å². The number of rotatable bonds is 8. The van der Waals surface area contributed by atoms with E-state index in [0.717, 1.165) is 0 Å². The summed E-state index contributed by atoms with van der Waals surface area (Å²) < 4.78 is 23.8. The van der Waals surface area contributed by atoms with Gasteiger partial charge in [0.1, 0.15) is 17.2 Å². The van der Waals surface area contributed by atoms with Crippen LogP contribution in [0.5, 0.6) is 5.75 Å². The van der Waals surface area contributed by atoms with Crippen LogP contribution in [0.4, 0.5) is 16.3 Å². The van der Waals surface area contributed by atoms with Gasteiger partial charge in [-0.2, -0.15) is 0 Å². The predicted octanol–water partition coefficient (Wildman–Crippen LogP) is 7.72. The molecule has 0 radical (unpaired) electrons. The Balaban J connectivity index is 1.41. The fraction of sp³-hybridized carbons (Fsp3) is 0.429. The van der Waals surface area contributed by atoms with Gasteiger partial charge in [-0.05, 0) is 95.5 Å². The Morgan fingerprint density at radius 1 is 0.854 bits per heavy atom. The summed E-state index contributed by atoms with van der Waals surface area (Å²) in [4.78, 5) is 44.0. The molecule has 1 saturated heterocycles. The molecule has 2 fully saturated rings. The zero-order valence-electron chi connectivity index (χ0n) is 27.6. The maximum atomic E-state index is 13.9. The number of alkyl carbamates (subject to hydrolysis) is 1. The predicted molar refractivity (Wildman–Crippen MR) is 183 cm³/mol. The Labute approximate surface area is 290 Å². The average molecular weight is 700 g/mol. The van der Waals surface area contributed by atoms with E-state index in [9.17, 15) is 14.4 Å². The lowest BCUT2D eigenvalue weighted by atomic mass is 9.91. The number of benzene rings is 2. The fourth-order valence-corrected chi connectivity index (χ4v) is 5.86. The van der Waals surface area contributed by atoms with Crippen LogP contribution in [0.25, 0.3) is 0 Å². The standard InChI is InChI=1S/C35H40Cl2N4O7/c1-33(2,3)48-32(44)41-34(4,5)21-6-9-25(28(18-21)47-24-12-14-35(15-13-24)45-16-17-46-35)30(42)39-27-10-7-22(36)19-26(27)31(43)40-29-11-8-23(37)20-38-29/h6-11,18-20,24H,12-17H2,1-5H3,(H,39,42)(H,41,44)(H,38,40,43).